The molecular weight excluding hydrogens is 281 g/mol. The largest absolute Gasteiger partial charge is 0.381 e. The van der Waals surface area contributed by atoms with Gasteiger partial charge in [-0.2, -0.15) is 0 Å². The number of halogens is 1. The number of carbonyl (C=O) groups is 1. The summed E-state index contributed by atoms with van der Waals surface area (Å²) >= 11 is 0. The molecule has 0 bridgehead atoms. The first-order chi connectivity index (χ1) is 10.6. The highest BCUT2D eigenvalue weighted by molar-refractivity contribution is 5.83. The summed E-state index contributed by atoms with van der Waals surface area (Å²) in [7, 11) is 1.91. The topological polar surface area (TPSA) is 29.5 Å². The highest BCUT2D eigenvalue weighted by Crippen LogP contribution is 2.38. The Kier molecular flexibility index (Phi) is 4.48. The molecule has 0 atom stereocenters. The van der Waals surface area contributed by atoms with Gasteiger partial charge >= 0.3 is 0 Å². The summed E-state index contributed by atoms with van der Waals surface area (Å²) < 4.78 is 19.5. The Morgan fingerprint density at radius 2 is 2.00 bits per heavy atom. The minimum Gasteiger partial charge on any atom is -0.381 e. The van der Waals surface area contributed by atoms with Crippen molar-refractivity contribution in [1.29, 1.82) is 0 Å². The molecule has 0 radical (unpaired) electrons. The molecule has 1 amide bonds. The van der Waals surface area contributed by atoms with Crippen LogP contribution >= 0.6 is 0 Å². The molecule has 1 saturated carbocycles. The average Bonchev–Trinajstić information content (AvgIpc) is 2.48. The number of ether oxygens (including phenoxy) is 1. The van der Waals surface area contributed by atoms with E-state index in [-0.39, 0.29) is 11.7 Å². The van der Waals surface area contributed by atoms with Crippen molar-refractivity contribution in [2.75, 3.05) is 20.3 Å². The van der Waals surface area contributed by atoms with Crippen LogP contribution in [0.2, 0.25) is 0 Å². The minimum absolute atomic E-state index is 0.170. The van der Waals surface area contributed by atoms with Gasteiger partial charge in [-0.25, -0.2) is 4.39 Å². The molecule has 1 heterocycles. The monoisotopic (exact) mass is 305 g/mol. The van der Waals surface area contributed by atoms with E-state index in [0.717, 1.165) is 12.8 Å². The highest BCUT2D eigenvalue weighted by atomic mass is 19.1. The third-order valence-electron chi connectivity index (χ3n) is 5.33. The molecule has 120 valence electrons. The molecule has 3 rings (SSSR count). The van der Waals surface area contributed by atoms with E-state index in [4.69, 9.17) is 4.74 Å². The van der Waals surface area contributed by atoms with Crippen LogP contribution in [0.25, 0.3) is 0 Å². The predicted octanol–water partition coefficient (Wildman–Crippen LogP) is 3.18. The van der Waals surface area contributed by atoms with Gasteiger partial charge in [-0.1, -0.05) is 18.2 Å². The van der Waals surface area contributed by atoms with Crippen LogP contribution < -0.4 is 0 Å². The number of nitrogens with zero attached hydrogens (tertiary/aromatic N) is 1. The lowest BCUT2D eigenvalue weighted by Crippen LogP contribution is -2.51. The van der Waals surface area contributed by atoms with Crippen LogP contribution in [0, 0.1) is 11.2 Å². The number of benzene rings is 1. The maximum Gasteiger partial charge on any atom is 0.229 e. The van der Waals surface area contributed by atoms with Gasteiger partial charge in [0.05, 0.1) is 5.41 Å². The molecule has 0 N–H and O–H groups in total. The molecule has 2 aliphatic rings. The van der Waals surface area contributed by atoms with Crippen LogP contribution in [0.4, 0.5) is 4.39 Å². The molecule has 3 nitrogen and oxygen atoms in total. The lowest BCUT2D eigenvalue weighted by atomic mass is 9.73. The number of carbonyl (C=O) groups excluding carboxylic acids is 1. The van der Waals surface area contributed by atoms with E-state index < -0.39 is 5.41 Å². The van der Waals surface area contributed by atoms with E-state index in [1.807, 2.05) is 18.0 Å². The Labute approximate surface area is 131 Å². The maximum absolute atomic E-state index is 14.1. The summed E-state index contributed by atoms with van der Waals surface area (Å²) in [5.74, 6) is -0.0452. The molecule has 0 aromatic heterocycles. The Morgan fingerprint density at radius 3 is 2.59 bits per heavy atom. The van der Waals surface area contributed by atoms with Gasteiger partial charge in [0, 0.05) is 26.3 Å². The average molecular weight is 305 g/mol. The summed E-state index contributed by atoms with van der Waals surface area (Å²) in [4.78, 5) is 15.0. The number of hydrogen-bond donors (Lipinski definition) is 0. The third kappa shape index (κ3) is 2.89. The second-order valence-corrected chi connectivity index (χ2v) is 6.66. The second-order valence-electron chi connectivity index (χ2n) is 6.66. The Morgan fingerprint density at radius 1 is 1.32 bits per heavy atom. The standard InChI is InChI=1S/C18H24FNO2/c1-20(15-6-4-7-15)17(21)18(9-11-22-12-10-18)13-14-5-2-3-8-16(14)19/h2-3,5,8,15H,4,6-7,9-13H2,1H3. The van der Waals surface area contributed by atoms with Crippen molar-refractivity contribution in [3.05, 3.63) is 35.6 Å². The zero-order chi connectivity index (χ0) is 15.6. The van der Waals surface area contributed by atoms with Crippen LogP contribution in [-0.2, 0) is 16.0 Å². The molecule has 0 unspecified atom stereocenters. The zero-order valence-electron chi connectivity index (χ0n) is 13.2. The lowest BCUT2D eigenvalue weighted by Gasteiger charge is -2.43. The van der Waals surface area contributed by atoms with Gasteiger partial charge in [0.1, 0.15) is 5.82 Å². The van der Waals surface area contributed by atoms with Gasteiger partial charge in [-0.15, -0.1) is 0 Å². The first-order valence-corrected chi connectivity index (χ1v) is 8.21. The fraction of sp³-hybridized carbons (Fsp3) is 0.611. The SMILES string of the molecule is CN(C(=O)C1(Cc2ccccc2F)CCOCC1)C1CCC1. The summed E-state index contributed by atoms with van der Waals surface area (Å²) in [5, 5.41) is 0. The fourth-order valence-electron chi connectivity index (χ4n) is 3.55. The van der Waals surface area contributed by atoms with Gasteiger partial charge in [-0.05, 0) is 50.2 Å². The van der Waals surface area contributed by atoms with E-state index in [1.54, 1.807) is 12.1 Å². The maximum atomic E-state index is 14.1. The van der Waals surface area contributed by atoms with Crippen molar-refractivity contribution in [2.45, 2.75) is 44.6 Å². The zero-order valence-corrected chi connectivity index (χ0v) is 13.2. The minimum atomic E-state index is -0.509. The van der Waals surface area contributed by atoms with Crippen molar-refractivity contribution < 1.29 is 13.9 Å². The highest BCUT2D eigenvalue weighted by Gasteiger charge is 2.44. The van der Waals surface area contributed by atoms with Gasteiger partial charge in [0.2, 0.25) is 5.91 Å². The summed E-state index contributed by atoms with van der Waals surface area (Å²) in [6.45, 7) is 1.16. The lowest BCUT2D eigenvalue weighted by molar-refractivity contribution is -0.150. The van der Waals surface area contributed by atoms with Gasteiger partial charge in [0.25, 0.3) is 0 Å². The number of rotatable bonds is 4. The molecule has 0 spiro atoms. The predicted molar refractivity (Wildman–Crippen MR) is 83.0 cm³/mol. The van der Waals surface area contributed by atoms with Crippen molar-refractivity contribution in [2.24, 2.45) is 5.41 Å². The first kappa shape index (κ1) is 15.5. The van der Waals surface area contributed by atoms with Gasteiger partial charge in [-0.3, -0.25) is 4.79 Å². The van der Waals surface area contributed by atoms with Crippen LogP contribution in [0.3, 0.4) is 0 Å². The smallest absolute Gasteiger partial charge is 0.229 e. The van der Waals surface area contributed by atoms with Crippen molar-refractivity contribution >= 4 is 5.91 Å². The van der Waals surface area contributed by atoms with E-state index in [2.05, 4.69) is 0 Å². The van der Waals surface area contributed by atoms with Crippen LogP contribution in [-0.4, -0.2) is 37.1 Å². The van der Waals surface area contributed by atoms with Crippen LogP contribution in [0.15, 0.2) is 24.3 Å². The molecule has 1 aromatic carbocycles. The van der Waals surface area contributed by atoms with E-state index in [1.165, 1.54) is 12.5 Å². The van der Waals surface area contributed by atoms with Gasteiger partial charge < -0.3 is 9.64 Å². The molecule has 1 aliphatic heterocycles. The quantitative estimate of drug-likeness (QED) is 0.855. The number of hydrogen-bond acceptors (Lipinski definition) is 2. The Bertz CT molecular complexity index is 536. The summed E-state index contributed by atoms with van der Waals surface area (Å²) in [5.41, 5.74) is 0.130. The van der Waals surface area contributed by atoms with Gasteiger partial charge in [0.15, 0.2) is 0 Å². The molecule has 1 aliphatic carbocycles. The molecule has 22 heavy (non-hydrogen) atoms. The van der Waals surface area contributed by atoms with Crippen LogP contribution in [0.1, 0.15) is 37.7 Å². The van der Waals surface area contributed by atoms with Crippen molar-refractivity contribution in [1.82, 2.24) is 4.90 Å². The summed E-state index contributed by atoms with van der Waals surface area (Å²) in [6, 6.07) is 7.17. The van der Waals surface area contributed by atoms with Crippen molar-refractivity contribution in [3.63, 3.8) is 0 Å². The molecule has 1 aromatic rings. The fourth-order valence-corrected chi connectivity index (χ4v) is 3.55. The second kappa shape index (κ2) is 6.37. The van der Waals surface area contributed by atoms with Crippen LogP contribution in [0.5, 0.6) is 0 Å². The third-order valence-corrected chi connectivity index (χ3v) is 5.33. The molecule has 4 heteroatoms. The first-order valence-electron chi connectivity index (χ1n) is 8.21. The Balaban J connectivity index is 1.84. The Hall–Kier alpha value is -1.42. The summed E-state index contributed by atoms with van der Waals surface area (Å²) in [6.07, 6.45) is 5.21. The molecular formula is C18H24FNO2. The van der Waals surface area contributed by atoms with Crippen molar-refractivity contribution in [3.8, 4) is 0 Å². The van der Waals surface area contributed by atoms with E-state index >= 15 is 0 Å². The number of amides is 1. The normalized spacial score (nSPS) is 21.2. The molecule has 1 saturated heterocycles. The molecule has 2 fully saturated rings. The van der Waals surface area contributed by atoms with E-state index in [0.29, 0.717) is 44.1 Å². The van der Waals surface area contributed by atoms with E-state index in [9.17, 15) is 9.18 Å².